The molecular formula is C27H33N5O7S2. The molecule has 0 spiro atoms. The molecule has 12 nitrogen and oxygen atoms in total. The standard InChI is InChI=1S/C27H33N5O7S2/c1-4-14-41(36,37)32-27(33)25(30-20-12-10-19(11-13-20)26(28)29)21-15-23(38-2)24(16-22(21)31-40(3,34)35)39-17-18-8-6-5-7-9-18/h5-13,15-16,25,30-31H,4,14,17H2,1-3H3,(H3,28,29)(H,32,33). The fourth-order valence-electron chi connectivity index (χ4n) is 3.84. The predicted molar refractivity (Wildman–Crippen MR) is 158 cm³/mol. The van der Waals surface area contributed by atoms with Gasteiger partial charge in [-0.1, -0.05) is 37.3 Å². The minimum Gasteiger partial charge on any atom is -0.493 e. The maximum atomic E-state index is 13.5. The maximum Gasteiger partial charge on any atom is 0.260 e. The first kappa shape index (κ1) is 31.2. The first-order chi connectivity index (χ1) is 19.3. The first-order valence-electron chi connectivity index (χ1n) is 12.4. The number of ether oxygens (including phenoxy) is 2. The number of nitrogen functional groups attached to an aromatic ring is 1. The number of hydrogen-bond donors (Lipinski definition) is 5. The van der Waals surface area contributed by atoms with Crippen LogP contribution in [0.25, 0.3) is 0 Å². The molecule has 0 bridgehead atoms. The molecule has 41 heavy (non-hydrogen) atoms. The minimum atomic E-state index is -3.98. The Bertz CT molecular complexity index is 1590. The highest BCUT2D eigenvalue weighted by molar-refractivity contribution is 7.92. The summed E-state index contributed by atoms with van der Waals surface area (Å²) in [5, 5.41) is 10.6. The second-order valence-electron chi connectivity index (χ2n) is 9.09. The topological polar surface area (TPSA) is 190 Å². The lowest BCUT2D eigenvalue weighted by Crippen LogP contribution is -2.39. The maximum absolute atomic E-state index is 13.5. The zero-order valence-corrected chi connectivity index (χ0v) is 24.4. The Morgan fingerprint density at radius 1 is 1.00 bits per heavy atom. The van der Waals surface area contributed by atoms with E-state index < -0.39 is 32.0 Å². The van der Waals surface area contributed by atoms with Crippen molar-refractivity contribution < 1.29 is 31.1 Å². The lowest BCUT2D eigenvalue weighted by molar-refractivity contribution is -0.120. The third kappa shape index (κ3) is 9.11. The second kappa shape index (κ2) is 13.4. The number of carbonyl (C=O) groups excluding carboxylic acids is 1. The van der Waals surface area contributed by atoms with Gasteiger partial charge in [0.05, 0.1) is 24.8 Å². The molecule has 0 heterocycles. The van der Waals surface area contributed by atoms with Crippen LogP contribution in [0, 0.1) is 5.41 Å². The van der Waals surface area contributed by atoms with Crippen molar-refractivity contribution >= 4 is 43.2 Å². The van der Waals surface area contributed by atoms with E-state index in [1.165, 1.54) is 19.2 Å². The lowest BCUT2D eigenvalue weighted by Gasteiger charge is -2.24. The quantitative estimate of drug-likeness (QED) is 0.136. The monoisotopic (exact) mass is 603 g/mol. The van der Waals surface area contributed by atoms with Gasteiger partial charge in [-0.05, 0) is 42.3 Å². The van der Waals surface area contributed by atoms with Crippen molar-refractivity contribution in [3.8, 4) is 11.5 Å². The molecule has 3 rings (SSSR count). The largest absolute Gasteiger partial charge is 0.493 e. The summed E-state index contributed by atoms with van der Waals surface area (Å²) in [5.41, 5.74) is 7.23. The highest BCUT2D eigenvalue weighted by Crippen LogP contribution is 2.38. The number of methoxy groups -OCH3 is 1. The number of sulfonamides is 2. The van der Waals surface area contributed by atoms with Crippen molar-refractivity contribution in [1.29, 1.82) is 5.41 Å². The van der Waals surface area contributed by atoms with Gasteiger partial charge in [-0.15, -0.1) is 0 Å². The number of nitrogens with two attached hydrogens (primary N) is 1. The molecule has 1 unspecified atom stereocenters. The number of amides is 1. The summed E-state index contributed by atoms with van der Waals surface area (Å²) in [5.74, 6) is -1.03. The van der Waals surface area contributed by atoms with Crippen molar-refractivity contribution in [1.82, 2.24) is 4.72 Å². The molecule has 220 valence electrons. The van der Waals surface area contributed by atoms with Crippen molar-refractivity contribution in [3.63, 3.8) is 0 Å². The van der Waals surface area contributed by atoms with Crippen LogP contribution < -0.4 is 30.0 Å². The second-order valence-corrected chi connectivity index (χ2v) is 12.7. The normalized spacial score (nSPS) is 12.2. The smallest absolute Gasteiger partial charge is 0.260 e. The van der Waals surface area contributed by atoms with E-state index in [0.29, 0.717) is 11.3 Å². The summed E-state index contributed by atoms with van der Waals surface area (Å²) in [6.45, 7) is 1.80. The Morgan fingerprint density at radius 3 is 2.22 bits per heavy atom. The highest BCUT2D eigenvalue weighted by Gasteiger charge is 2.29. The van der Waals surface area contributed by atoms with E-state index in [4.69, 9.17) is 20.6 Å². The van der Waals surface area contributed by atoms with E-state index in [-0.39, 0.29) is 47.4 Å². The number of nitrogens with one attached hydrogen (secondary N) is 4. The van der Waals surface area contributed by atoms with E-state index >= 15 is 0 Å². The number of hydrogen-bond acceptors (Lipinski definition) is 9. The Morgan fingerprint density at radius 2 is 1.66 bits per heavy atom. The molecule has 0 saturated carbocycles. The van der Waals surface area contributed by atoms with Crippen LogP contribution in [0.1, 0.15) is 36.1 Å². The molecule has 0 fully saturated rings. The summed E-state index contributed by atoms with van der Waals surface area (Å²) in [7, 11) is -6.46. The molecule has 3 aromatic rings. The Kier molecular flexibility index (Phi) is 10.2. The van der Waals surface area contributed by atoms with Gasteiger partial charge in [0.1, 0.15) is 18.5 Å². The molecule has 1 atom stereocenters. The number of anilines is 2. The van der Waals surface area contributed by atoms with Gasteiger partial charge in [0.25, 0.3) is 5.91 Å². The summed E-state index contributed by atoms with van der Waals surface area (Å²) in [6.07, 6.45) is 1.22. The van der Waals surface area contributed by atoms with Gasteiger partial charge >= 0.3 is 0 Å². The third-order valence-corrected chi connectivity index (χ3v) is 7.73. The molecular weight excluding hydrogens is 570 g/mol. The van der Waals surface area contributed by atoms with Crippen LogP contribution in [0.5, 0.6) is 11.5 Å². The first-order valence-corrected chi connectivity index (χ1v) is 16.0. The van der Waals surface area contributed by atoms with Crippen LogP contribution in [0.4, 0.5) is 11.4 Å². The molecule has 3 aromatic carbocycles. The Labute approximate surface area is 239 Å². The van der Waals surface area contributed by atoms with Gasteiger partial charge in [0.15, 0.2) is 11.5 Å². The molecule has 0 aliphatic carbocycles. The molecule has 0 saturated heterocycles. The Hall–Kier alpha value is -4.30. The molecule has 0 aliphatic rings. The summed E-state index contributed by atoms with van der Waals surface area (Å²) >= 11 is 0. The zero-order valence-electron chi connectivity index (χ0n) is 22.8. The van der Waals surface area contributed by atoms with Crippen LogP contribution in [-0.2, 0) is 31.4 Å². The number of benzene rings is 3. The van der Waals surface area contributed by atoms with Crippen LogP contribution in [-0.4, -0.2) is 47.7 Å². The van der Waals surface area contributed by atoms with Gasteiger partial charge < -0.3 is 20.5 Å². The lowest BCUT2D eigenvalue weighted by atomic mass is 10.0. The van der Waals surface area contributed by atoms with Gasteiger partial charge in [0.2, 0.25) is 20.0 Å². The van der Waals surface area contributed by atoms with Crippen LogP contribution >= 0.6 is 0 Å². The van der Waals surface area contributed by atoms with Crippen LogP contribution in [0.15, 0.2) is 66.7 Å². The number of carbonyl (C=O) groups is 1. The van der Waals surface area contributed by atoms with Crippen molar-refractivity contribution in [3.05, 3.63) is 83.4 Å². The molecule has 14 heteroatoms. The molecule has 6 N–H and O–H groups in total. The average molecular weight is 604 g/mol. The molecule has 1 amide bonds. The zero-order chi connectivity index (χ0) is 30.2. The third-order valence-electron chi connectivity index (χ3n) is 5.68. The molecule has 0 aromatic heterocycles. The average Bonchev–Trinajstić information content (AvgIpc) is 2.90. The van der Waals surface area contributed by atoms with Gasteiger partial charge in [-0.2, -0.15) is 0 Å². The van der Waals surface area contributed by atoms with E-state index in [9.17, 15) is 21.6 Å². The van der Waals surface area contributed by atoms with Crippen molar-refractivity contribution in [2.24, 2.45) is 5.73 Å². The SMILES string of the molecule is CCCS(=O)(=O)NC(=O)C(Nc1ccc(C(=N)N)cc1)c1cc(OC)c(OCc2ccccc2)cc1NS(C)(=O)=O. The highest BCUT2D eigenvalue weighted by atomic mass is 32.2. The number of amidine groups is 1. The van der Waals surface area contributed by atoms with Crippen molar-refractivity contribution in [2.45, 2.75) is 26.0 Å². The van der Waals surface area contributed by atoms with E-state index in [0.717, 1.165) is 11.8 Å². The fourth-order valence-corrected chi connectivity index (χ4v) is 5.48. The van der Waals surface area contributed by atoms with Gasteiger partial charge in [-0.25, -0.2) is 16.8 Å². The van der Waals surface area contributed by atoms with Gasteiger partial charge in [-0.3, -0.25) is 19.6 Å². The van der Waals surface area contributed by atoms with Crippen molar-refractivity contribution in [2.75, 3.05) is 29.2 Å². The number of rotatable bonds is 14. The molecule has 0 radical (unpaired) electrons. The summed E-state index contributed by atoms with van der Waals surface area (Å²) in [6, 6.07) is 16.8. The Balaban J connectivity index is 2.12. The van der Waals surface area contributed by atoms with E-state index in [1.807, 2.05) is 30.3 Å². The minimum absolute atomic E-state index is 0.0303. The van der Waals surface area contributed by atoms with Gasteiger partial charge in [0, 0.05) is 22.9 Å². The summed E-state index contributed by atoms with van der Waals surface area (Å²) < 4.78 is 65.6. The van der Waals surface area contributed by atoms with E-state index in [2.05, 4.69) is 14.8 Å². The fraction of sp³-hybridized carbons (Fsp3) is 0.259. The van der Waals surface area contributed by atoms with E-state index in [1.54, 1.807) is 31.2 Å². The summed E-state index contributed by atoms with van der Waals surface area (Å²) in [4.78, 5) is 13.5. The predicted octanol–water partition coefficient (Wildman–Crippen LogP) is 2.94. The molecule has 0 aliphatic heterocycles. The van der Waals surface area contributed by atoms with Crippen LogP contribution in [0.3, 0.4) is 0 Å². The van der Waals surface area contributed by atoms with Crippen LogP contribution in [0.2, 0.25) is 0 Å².